The molecule has 0 bridgehead atoms. The van der Waals surface area contributed by atoms with E-state index in [4.69, 9.17) is 10.5 Å². The third kappa shape index (κ3) is 3.54. The number of hydrogen-bond acceptors (Lipinski definition) is 5. The molecular weight excluding hydrogens is 244 g/mol. The van der Waals surface area contributed by atoms with E-state index >= 15 is 0 Å². The van der Waals surface area contributed by atoms with Crippen molar-refractivity contribution in [2.75, 3.05) is 5.73 Å². The Morgan fingerprint density at radius 2 is 2.26 bits per heavy atom. The summed E-state index contributed by atoms with van der Waals surface area (Å²) in [6, 6.07) is 7.27. The van der Waals surface area contributed by atoms with Crippen molar-refractivity contribution >= 4 is 11.7 Å². The van der Waals surface area contributed by atoms with Crippen LogP contribution in [0.15, 0.2) is 30.6 Å². The van der Waals surface area contributed by atoms with Crippen LogP contribution in [0.1, 0.15) is 13.8 Å². The van der Waals surface area contributed by atoms with Gasteiger partial charge in [-0.05, 0) is 26.0 Å². The van der Waals surface area contributed by atoms with Crippen LogP contribution in [0.5, 0.6) is 0 Å². The number of carbonyl (C=O) groups is 1. The first kappa shape index (κ1) is 13.1. The van der Waals surface area contributed by atoms with Gasteiger partial charge in [0, 0.05) is 11.3 Å². The molecule has 19 heavy (non-hydrogen) atoms. The van der Waals surface area contributed by atoms with Crippen LogP contribution in [0.4, 0.5) is 5.69 Å². The van der Waals surface area contributed by atoms with E-state index in [1.165, 1.54) is 11.0 Å². The summed E-state index contributed by atoms with van der Waals surface area (Å²) in [6.07, 6.45) is 1.37. The number of nitrogen functional groups attached to an aromatic ring is 1. The van der Waals surface area contributed by atoms with Crippen molar-refractivity contribution in [3.8, 4) is 11.4 Å². The number of anilines is 1. The maximum atomic E-state index is 11.5. The normalized spacial score (nSPS) is 10.7. The lowest BCUT2D eigenvalue weighted by atomic mass is 10.2. The fourth-order valence-electron chi connectivity index (χ4n) is 1.61. The molecule has 100 valence electrons. The molecule has 0 amide bonds. The number of hydrogen-bond donors (Lipinski definition) is 1. The second kappa shape index (κ2) is 5.51. The van der Waals surface area contributed by atoms with Gasteiger partial charge in [-0.25, -0.2) is 9.67 Å². The van der Waals surface area contributed by atoms with E-state index < -0.39 is 0 Å². The number of benzene rings is 1. The standard InChI is InChI=1S/C13H16N4O2/c1-9(2)19-12(18)7-17-8-15-13(16-17)10-4-3-5-11(14)6-10/h3-6,8-9H,7,14H2,1-2H3. The zero-order valence-corrected chi connectivity index (χ0v) is 10.9. The van der Waals surface area contributed by atoms with E-state index in [9.17, 15) is 4.79 Å². The van der Waals surface area contributed by atoms with Gasteiger partial charge in [-0.15, -0.1) is 0 Å². The van der Waals surface area contributed by atoms with Crippen LogP contribution >= 0.6 is 0 Å². The highest BCUT2D eigenvalue weighted by atomic mass is 16.5. The van der Waals surface area contributed by atoms with Crippen LogP contribution in [0, 0.1) is 0 Å². The number of rotatable bonds is 4. The van der Waals surface area contributed by atoms with Crippen LogP contribution < -0.4 is 5.73 Å². The van der Waals surface area contributed by atoms with Gasteiger partial charge >= 0.3 is 5.97 Å². The number of nitrogens with two attached hydrogens (primary N) is 1. The lowest BCUT2D eigenvalue weighted by molar-refractivity contribution is -0.148. The smallest absolute Gasteiger partial charge is 0.328 e. The molecule has 2 aromatic rings. The van der Waals surface area contributed by atoms with Crippen LogP contribution in [-0.4, -0.2) is 26.8 Å². The lowest BCUT2D eigenvalue weighted by Crippen LogP contribution is -2.17. The molecule has 1 heterocycles. The average Bonchev–Trinajstić information content (AvgIpc) is 2.76. The Morgan fingerprint density at radius 1 is 1.47 bits per heavy atom. The summed E-state index contributed by atoms with van der Waals surface area (Å²) in [5, 5.41) is 4.22. The van der Waals surface area contributed by atoms with Crippen molar-refractivity contribution in [1.82, 2.24) is 14.8 Å². The minimum Gasteiger partial charge on any atom is -0.462 e. The molecule has 0 aliphatic heterocycles. The number of esters is 1. The van der Waals surface area contributed by atoms with Crippen LogP contribution in [0.2, 0.25) is 0 Å². The minimum absolute atomic E-state index is 0.0491. The molecule has 0 aliphatic rings. The Kier molecular flexibility index (Phi) is 3.79. The van der Waals surface area contributed by atoms with Crippen molar-refractivity contribution in [3.05, 3.63) is 30.6 Å². The van der Waals surface area contributed by atoms with Gasteiger partial charge < -0.3 is 10.5 Å². The first-order chi connectivity index (χ1) is 9.04. The van der Waals surface area contributed by atoms with Crippen LogP contribution in [0.25, 0.3) is 11.4 Å². The van der Waals surface area contributed by atoms with E-state index in [0.29, 0.717) is 11.5 Å². The van der Waals surface area contributed by atoms with Gasteiger partial charge in [0.15, 0.2) is 5.82 Å². The summed E-state index contributed by atoms with van der Waals surface area (Å²) in [7, 11) is 0. The number of carbonyl (C=O) groups excluding carboxylic acids is 1. The Morgan fingerprint density at radius 3 is 2.95 bits per heavy atom. The molecule has 0 spiro atoms. The molecule has 0 unspecified atom stereocenters. The summed E-state index contributed by atoms with van der Waals surface area (Å²) in [5.74, 6) is 0.198. The Hall–Kier alpha value is -2.37. The van der Waals surface area contributed by atoms with E-state index in [-0.39, 0.29) is 18.6 Å². The molecule has 2 N–H and O–H groups in total. The van der Waals surface area contributed by atoms with Gasteiger partial charge in [0.25, 0.3) is 0 Å². The molecule has 0 saturated heterocycles. The quantitative estimate of drug-likeness (QED) is 0.665. The first-order valence-corrected chi connectivity index (χ1v) is 5.99. The summed E-state index contributed by atoms with van der Waals surface area (Å²) >= 11 is 0. The second-order valence-corrected chi connectivity index (χ2v) is 4.43. The third-order valence-electron chi connectivity index (χ3n) is 2.34. The number of nitrogens with zero attached hydrogens (tertiary/aromatic N) is 3. The Bertz CT molecular complexity index is 578. The molecule has 6 heteroatoms. The molecule has 1 aromatic heterocycles. The summed E-state index contributed by atoms with van der Waals surface area (Å²) in [5.41, 5.74) is 7.16. The second-order valence-electron chi connectivity index (χ2n) is 4.43. The first-order valence-electron chi connectivity index (χ1n) is 5.99. The van der Waals surface area contributed by atoms with Gasteiger partial charge in [0.2, 0.25) is 0 Å². The maximum Gasteiger partial charge on any atom is 0.328 e. The van der Waals surface area contributed by atoms with E-state index in [1.54, 1.807) is 26.0 Å². The molecule has 1 aromatic carbocycles. The Labute approximate surface area is 111 Å². The van der Waals surface area contributed by atoms with Crippen LogP contribution in [-0.2, 0) is 16.1 Å². The van der Waals surface area contributed by atoms with Gasteiger partial charge in [0.05, 0.1) is 6.10 Å². The maximum absolute atomic E-state index is 11.5. The third-order valence-corrected chi connectivity index (χ3v) is 2.34. The van der Waals surface area contributed by atoms with Gasteiger partial charge in [-0.3, -0.25) is 4.79 Å². The molecule has 0 atom stereocenters. The van der Waals surface area contributed by atoms with Crippen molar-refractivity contribution in [2.24, 2.45) is 0 Å². The zero-order valence-electron chi connectivity index (χ0n) is 10.9. The summed E-state index contributed by atoms with van der Waals surface area (Å²) in [4.78, 5) is 15.6. The number of ether oxygens (including phenoxy) is 1. The molecular formula is C13H16N4O2. The summed E-state index contributed by atoms with van der Waals surface area (Å²) in [6.45, 7) is 3.66. The Balaban J connectivity index is 2.09. The topological polar surface area (TPSA) is 83.0 Å². The van der Waals surface area contributed by atoms with Gasteiger partial charge in [0.1, 0.15) is 12.9 Å². The molecule has 0 saturated carbocycles. The van der Waals surface area contributed by atoms with E-state index in [2.05, 4.69) is 10.1 Å². The van der Waals surface area contributed by atoms with E-state index in [0.717, 1.165) is 5.56 Å². The monoisotopic (exact) mass is 260 g/mol. The van der Waals surface area contributed by atoms with E-state index in [1.807, 2.05) is 12.1 Å². The fourth-order valence-corrected chi connectivity index (χ4v) is 1.61. The zero-order chi connectivity index (χ0) is 13.8. The average molecular weight is 260 g/mol. The molecule has 6 nitrogen and oxygen atoms in total. The van der Waals surface area contributed by atoms with Crippen molar-refractivity contribution < 1.29 is 9.53 Å². The highest BCUT2D eigenvalue weighted by Gasteiger charge is 2.09. The largest absolute Gasteiger partial charge is 0.462 e. The predicted octanol–water partition coefficient (Wildman–Crippen LogP) is 1.48. The lowest BCUT2D eigenvalue weighted by Gasteiger charge is -2.06. The van der Waals surface area contributed by atoms with Gasteiger partial charge in [-0.2, -0.15) is 5.10 Å². The molecule has 2 rings (SSSR count). The highest BCUT2D eigenvalue weighted by molar-refractivity contribution is 5.69. The fraction of sp³-hybridized carbons (Fsp3) is 0.308. The number of aromatic nitrogens is 3. The SMILES string of the molecule is CC(C)OC(=O)Cn1cnc(-c2cccc(N)c2)n1. The summed E-state index contributed by atoms with van der Waals surface area (Å²) < 4.78 is 6.49. The molecule has 0 fully saturated rings. The molecule has 0 radical (unpaired) electrons. The highest BCUT2D eigenvalue weighted by Crippen LogP contribution is 2.16. The molecule has 0 aliphatic carbocycles. The van der Waals surface area contributed by atoms with Crippen molar-refractivity contribution in [2.45, 2.75) is 26.5 Å². The minimum atomic E-state index is -0.334. The predicted molar refractivity (Wildman–Crippen MR) is 71.1 cm³/mol. The van der Waals surface area contributed by atoms with Crippen molar-refractivity contribution in [1.29, 1.82) is 0 Å². The van der Waals surface area contributed by atoms with Gasteiger partial charge in [-0.1, -0.05) is 12.1 Å². The van der Waals surface area contributed by atoms with Crippen molar-refractivity contribution in [3.63, 3.8) is 0 Å². The van der Waals surface area contributed by atoms with Crippen LogP contribution in [0.3, 0.4) is 0 Å².